The number of anilines is 2. The number of rotatable bonds is 6. The van der Waals surface area contributed by atoms with E-state index in [9.17, 15) is 19.2 Å². The van der Waals surface area contributed by atoms with Crippen molar-refractivity contribution < 1.29 is 19.2 Å². The molecule has 2 amide bonds. The quantitative estimate of drug-likeness (QED) is 0.608. The minimum absolute atomic E-state index is 0.0494. The molecular weight excluding hydrogens is 382 g/mol. The molecule has 30 heavy (non-hydrogen) atoms. The number of hydrogen-bond acceptors (Lipinski definition) is 5. The molecule has 0 spiro atoms. The fraction of sp³-hybridized carbons (Fsp3) is 0.0870. The minimum Gasteiger partial charge on any atom is -0.321 e. The Balaban J connectivity index is 1.75. The fourth-order valence-corrected chi connectivity index (χ4v) is 2.71. The fourth-order valence-electron chi connectivity index (χ4n) is 2.71. The first-order valence-corrected chi connectivity index (χ1v) is 9.15. The van der Waals surface area contributed by atoms with Crippen molar-refractivity contribution in [1.82, 2.24) is 4.98 Å². The number of carbonyl (C=O) groups is 4. The van der Waals surface area contributed by atoms with E-state index >= 15 is 0 Å². The van der Waals surface area contributed by atoms with E-state index in [0.717, 1.165) is 0 Å². The predicted octanol–water partition coefficient (Wildman–Crippen LogP) is 3.99. The highest BCUT2D eigenvalue weighted by atomic mass is 16.2. The van der Waals surface area contributed by atoms with Gasteiger partial charge in [0, 0.05) is 22.5 Å². The van der Waals surface area contributed by atoms with Crippen LogP contribution in [0, 0.1) is 0 Å². The van der Waals surface area contributed by atoms with Gasteiger partial charge in [0.1, 0.15) is 11.4 Å². The molecule has 0 aliphatic carbocycles. The molecule has 0 atom stereocenters. The molecule has 7 nitrogen and oxygen atoms in total. The normalized spacial score (nSPS) is 10.2. The molecule has 2 aromatic carbocycles. The molecule has 0 radical (unpaired) electrons. The summed E-state index contributed by atoms with van der Waals surface area (Å²) in [4.78, 5) is 52.1. The van der Waals surface area contributed by atoms with E-state index in [1.807, 2.05) is 0 Å². The van der Waals surface area contributed by atoms with Gasteiger partial charge in [-0.2, -0.15) is 0 Å². The van der Waals surface area contributed by atoms with E-state index in [-0.39, 0.29) is 23.0 Å². The Labute approximate surface area is 173 Å². The molecule has 2 N–H and O–H groups in total. The lowest BCUT2D eigenvalue weighted by Crippen LogP contribution is -2.18. The van der Waals surface area contributed by atoms with Gasteiger partial charge in [-0.1, -0.05) is 30.3 Å². The molecule has 0 aliphatic heterocycles. The largest absolute Gasteiger partial charge is 0.321 e. The van der Waals surface area contributed by atoms with Crippen LogP contribution in [0.25, 0.3) is 0 Å². The molecule has 0 aliphatic rings. The summed E-state index contributed by atoms with van der Waals surface area (Å²) < 4.78 is 0. The number of carbonyl (C=O) groups excluding carboxylic acids is 4. The average Bonchev–Trinajstić information content (AvgIpc) is 2.74. The van der Waals surface area contributed by atoms with Gasteiger partial charge in [-0.15, -0.1) is 0 Å². The van der Waals surface area contributed by atoms with Gasteiger partial charge in [0.05, 0.1) is 0 Å². The molecule has 1 heterocycles. The highest BCUT2D eigenvalue weighted by Gasteiger charge is 2.14. The summed E-state index contributed by atoms with van der Waals surface area (Å²) in [7, 11) is 0. The lowest BCUT2D eigenvalue weighted by Gasteiger charge is -2.08. The molecule has 1 aromatic heterocycles. The molecule has 0 unspecified atom stereocenters. The maximum Gasteiger partial charge on any atom is 0.274 e. The summed E-state index contributed by atoms with van der Waals surface area (Å²) >= 11 is 0. The maximum atomic E-state index is 12.5. The van der Waals surface area contributed by atoms with Crippen LogP contribution in [-0.2, 0) is 0 Å². The third-order valence-electron chi connectivity index (χ3n) is 4.27. The lowest BCUT2D eigenvalue weighted by atomic mass is 10.1. The van der Waals surface area contributed by atoms with Crippen molar-refractivity contribution in [1.29, 1.82) is 0 Å². The van der Waals surface area contributed by atoms with Crippen LogP contribution in [0.3, 0.4) is 0 Å². The first kappa shape index (κ1) is 20.6. The van der Waals surface area contributed by atoms with Crippen molar-refractivity contribution in [2.75, 3.05) is 10.6 Å². The van der Waals surface area contributed by atoms with Crippen LogP contribution in [0.1, 0.15) is 55.5 Å². The Morgan fingerprint density at radius 3 is 1.43 bits per heavy atom. The predicted molar refractivity (Wildman–Crippen MR) is 113 cm³/mol. The van der Waals surface area contributed by atoms with Crippen LogP contribution in [0.5, 0.6) is 0 Å². The SMILES string of the molecule is CC(=O)c1cccc(NC(=O)c2cccc(C(=O)Nc3cccc(C(C)=O)c3)n2)c1. The van der Waals surface area contributed by atoms with Crippen LogP contribution in [-0.4, -0.2) is 28.4 Å². The van der Waals surface area contributed by atoms with Crippen LogP contribution in [0.4, 0.5) is 11.4 Å². The zero-order valence-corrected chi connectivity index (χ0v) is 16.4. The van der Waals surface area contributed by atoms with E-state index in [4.69, 9.17) is 0 Å². The molecule has 3 aromatic rings. The lowest BCUT2D eigenvalue weighted by molar-refractivity contribution is 0.0999. The number of pyridine rings is 1. The van der Waals surface area contributed by atoms with Gasteiger partial charge in [0.2, 0.25) is 0 Å². The summed E-state index contributed by atoms with van der Waals surface area (Å²) in [6.45, 7) is 2.88. The number of hydrogen-bond donors (Lipinski definition) is 2. The maximum absolute atomic E-state index is 12.5. The van der Waals surface area contributed by atoms with Crippen molar-refractivity contribution >= 4 is 34.8 Å². The van der Waals surface area contributed by atoms with E-state index in [1.54, 1.807) is 54.6 Å². The van der Waals surface area contributed by atoms with Gasteiger partial charge in [-0.25, -0.2) is 4.98 Å². The summed E-state index contributed by atoms with van der Waals surface area (Å²) in [6.07, 6.45) is 0. The van der Waals surface area contributed by atoms with E-state index in [1.165, 1.54) is 26.0 Å². The van der Waals surface area contributed by atoms with Gasteiger partial charge < -0.3 is 10.6 Å². The number of nitrogens with one attached hydrogen (secondary N) is 2. The average molecular weight is 401 g/mol. The van der Waals surface area contributed by atoms with Crippen molar-refractivity contribution in [3.63, 3.8) is 0 Å². The van der Waals surface area contributed by atoms with Gasteiger partial charge in [0.15, 0.2) is 11.6 Å². The molecule has 7 heteroatoms. The van der Waals surface area contributed by atoms with Crippen LogP contribution in [0.15, 0.2) is 66.7 Å². The Kier molecular flexibility index (Phi) is 6.12. The summed E-state index contributed by atoms with van der Waals surface area (Å²) in [5.41, 5.74) is 1.95. The second-order valence-corrected chi connectivity index (χ2v) is 6.59. The molecular formula is C23H19N3O4. The molecule has 3 rings (SSSR count). The van der Waals surface area contributed by atoms with Crippen molar-refractivity contribution in [2.45, 2.75) is 13.8 Å². The van der Waals surface area contributed by atoms with Crippen LogP contribution in [0.2, 0.25) is 0 Å². The Bertz CT molecular complexity index is 1070. The molecule has 0 saturated carbocycles. The minimum atomic E-state index is -0.510. The second kappa shape index (κ2) is 8.91. The van der Waals surface area contributed by atoms with Crippen LogP contribution < -0.4 is 10.6 Å². The molecule has 150 valence electrons. The molecule has 0 bridgehead atoms. The Morgan fingerprint density at radius 2 is 1.03 bits per heavy atom. The first-order chi connectivity index (χ1) is 14.3. The molecule has 0 saturated heterocycles. The number of nitrogens with zero attached hydrogens (tertiary/aromatic N) is 1. The van der Waals surface area contributed by atoms with Gasteiger partial charge in [-0.3, -0.25) is 19.2 Å². The highest BCUT2D eigenvalue weighted by Crippen LogP contribution is 2.14. The summed E-state index contributed by atoms with van der Waals surface area (Å²) in [6, 6.07) is 17.6. The van der Waals surface area contributed by atoms with Crippen molar-refractivity contribution in [3.8, 4) is 0 Å². The molecule has 0 fully saturated rings. The van der Waals surface area contributed by atoms with Crippen molar-refractivity contribution in [3.05, 3.63) is 89.2 Å². The third kappa shape index (κ3) is 5.02. The first-order valence-electron chi connectivity index (χ1n) is 9.15. The zero-order valence-electron chi connectivity index (χ0n) is 16.4. The second-order valence-electron chi connectivity index (χ2n) is 6.59. The van der Waals surface area contributed by atoms with Crippen LogP contribution >= 0.6 is 0 Å². The summed E-state index contributed by atoms with van der Waals surface area (Å²) in [5, 5.41) is 5.33. The number of Topliss-reactive ketones (excluding diaryl/α,β-unsaturated/α-hetero) is 2. The van der Waals surface area contributed by atoms with Crippen molar-refractivity contribution in [2.24, 2.45) is 0 Å². The smallest absolute Gasteiger partial charge is 0.274 e. The number of amides is 2. The highest BCUT2D eigenvalue weighted by molar-refractivity contribution is 6.07. The van der Waals surface area contributed by atoms with Gasteiger partial charge in [-0.05, 0) is 50.2 Å². The van der Waals surface area contributed by atoms with E-state index in [2.05, 4.69) is 15.6 Å². The monoisotopic (exact) mass is 401 g/mol. The summed E-state index contributed by atoms with van der Waals surface area (Å²) in [5.74, 6) is -1.25. The zero-order chi connectivity index (χ0) is 21.7. The van der Waals surface area contributed by atoms with E-state index < -0.39 is 11.8 Å². The van der Waals surface area contributed by atoms with Gasteiger partial charge in [0.25, 0.3) is 11.8 Å². The van der Waals surface area contributed by atoms with E-state index in [0.29, 0.717) is 22.5 Å². The number of aromatic nitrogens is 1. The number of ketones is 2. The Morgan fingerprint density at radius 1 is 0.633 bits per heavy atom. The number of benzene rings is 2. The Hall–Kier alpha value is -4.13. The van der Waals surface area contributed by atoms with Gasteiger partial charge >= 0.3 is 0 Å². The topological polar surface area (TPSA) is 105 Å². The third-order valence-corrected chi connectivity index (χ3v) is 4.27. The standard InChI is InChI=1S/C23H19N3O4/c1-14(27)16-6-3-8-18(12-16)24-22(29)20-10-5-11-21(26-20)23(30)25-19-9-4-7-17(13-19)15(2)28/h3-13H,1-2H3,(H,24,29)(H,25,30).